The van der Waals surface area contributed by atoms with Gasteiger partial charge >= 0.3 is 0 Å². The molecule has 0 fully saturated rings. The van der Waals surface area contributed by atoms with Crippen molar-refractivity contribution in [1.29, 1.82) is 0 Å². The molecule has 2 unspecified atom stereocenters. The van der Waals surface area contributed by atoms with E-state index in [9.17, 15) is 5.11 Å². The number of likely N-dealkylation sites (N-methyl/N-ethyl adjacent to an activating group) is 1. The fourth-order valence-corrected chi connectivity index (χ4v) is 2.97. The summed E-state index contributed by atoms with van der Waals surface area (Å²) in [5.74, 6) is 0.817. The van der Waals surface area contributed by atoms with Crippen LogP contribution in [0.15, 0.2) is 18.2 Å². The number of hydrogen-bond donors (Lipinski definition) is 1. The van der Waals surface area contributed by atoms with Crippen LogP contribution in [-0.2, 0) is 6.42 Å². The molecule has 0 saturated carbocycles. The maximum atomic E-state index is 10.5. The van der Waals surface area contributed by atoms with E-state index in [1.165, 1.54) is 5.56 Å². The average molecular weight is 263 g/mol. The summed E-state index contributed by atoms with van der Waals surface area (Å²) < 4.78 is 5.24. The van der Waals surface area contributed by atoms with Gasteiger partial charge in [-0.2, -0.15) is 0 Å². The summed E-state index contributed by atoms with van der Waals surface area (Å²) in [6.07, 6.45) is 0.491. The van der Waals surface area contributed by atoms with Crippen LogP contribution < -0.4 is 4.74 Å². The molecule has 1 aliphatic rings. The smallest absolute Gasteiger partial charge is 0.119 e. The minimum Gasteiger partial charge on any atom is -0.497 e. The Morgan fingerprint density at radius 1 is 1.37 bits per heavy atom. The summed E-state index contributed by atoms with van der Waals surface area (Å²) in [5.41, 5.74) is 2.49. The van der Waals surface area contributed by atoms with Crippen LogP contribution in [0.1, 0.15) is 38.0 Å². The lowest BCUT2D eigenvalue weighted by atomic mass is 9.95. The van der Waals surface area contributed by atoms with E-state index < -0.39 is 6.10 Å². The van der Waals surface area contributed by atoms with E-state index in [2.05, 4.69) is 38.8 Å². The molecule has 0 spiro atoms. The number of nitrogens with zero attached hydrogens (tertiary/aromatic N) is 1. The summed E-state index contributed by atoms with van der Waals surface area (Å²) in [7, 11) is 3.76. The van der Waals surface area contributed by atoms with E-state index >= 15 is 0 Å². The second-order valence-electron chi connectivity index (χ2n) is 6.76. The predicted molar refractivity (Wildman–Crippen MR) is 77.5 cm³/mol. The highest BCUT2D eigenvalue weighted by atomic mass is 16.5. The zero-order chi connectivity index (χ0) is 14.2. The molecule has 106 valence electrons. The molecule has 1 aromatic rings. The van der Waals surface area contributed by atoms with Gasteiger partial charge in [0, 0.05) is 12.6 Å². The van der Waals surface area contributed by atoms with Gasteiger partial charge in [-0.3, -0.25) is 4.90 Å². The first-order chi connectivity index (χ1) is 8.81. The molecular weight excluding hydrogens is 238 g/mol. The van der Waals surface area contributed by atoms with Crippen LogP contribution in [0.2, 0.25) is 0 Å². The lowest BCUT2D eigenvalue weighted by molar-refractivity contribution is 0.0582. The minimum atomic E-state index is -0.419. The molecule has 3 heteroatoms. The molecule has 0 heterocycles. The molecule has 3 nitrogen and oxygen atoms in total. The number of benzene rings is 1. The van der Waals surface area contributed by atoms with Crippen molar-refractivity contribution in [3.63, 3.8) is 0 Å². The van der Waals surface area contributed by atoms with E-state index in [0.29, 0.717) is 0 Å². The second-order valence-corrected chi connectivity index (χ2v) is 6.76. The molecular formula is C16H25NO2. The van der Waals surface area contributed by atoms with Gasteiger partial charge in [-0.1, -0.05) is 26.8 Å². The monoisotopic (exact) mass is 263 g/mol. The Morgan fingerprint density at radius 3 is 2.63 bits per heavy atom. The third-order valence-corrected chi connectivity index (χ3v) is 3.76. The molecule has 1 aliphatic carbocycles. The SMILES string of the molecule is COc1ccc2c(c1)C(O)C(N(C)CC(C)(C)C)C2. The summed E-state index contributed by atoms with van der Waals surface area (Å²) in [6, 6.07) is 6.17. The maximum Gasteiger partial charge on any atom is 0.119 e. The highest BCUT2D eigenvalue weighted by Gasteiger charge is 2.35. The molecule has 0 amide bonds. The summed E-state index contributed by atoms with van der Waals surface area (Å²) in [4.78, 5) is 2.27. The van der Waals surface area contributed by atoms with Gasteiger partial charge in [-0.15, -0.1) is 0 Å². The Kier molecular flexibility index (Phi) is 3.88. The van der Waals surface area contributed by atoms with Gasteiger partial charge in [0.15, 0.2) is 0 Å². The van der Waals surface area contributed by atoms with Gasteiger partial charge in [0.25, 0.3) is 0 Å². The van der Waals surface area contributed by atoms with Crippen molar-refractivity contribution in [3.8, 4) is 5.75 Å². The number of ether oxygens (including phenoxy) is 1. The number of hydrogen-bond acceptors (Lipinski definition) is 3. The van der Waals surface area contributed by atoms with E-state index in [4.69, 9.17) is 4.74 Å². The van der Waals surface area contributed by atoms with Crippen LogP contribution in [0, 0.1) is 5.41 Å². The van der Waals surface area contributed by atoms with Crippen LogP contribution in [0.3, 0.4) is 0 Å². The van der Waals surface area contributed by atoms with Gasteiger partial charge in [-0.05, 0) is 42.1 Å². The lowest BCUT2D eigenvalue weighted by Crippen LogP contribution is -2.40. The van der Waals surface area contributed by atoms with Crippen LogP contribution >= 0.6 is 0 Å². The summed E-state index contributed by atoms with van der Waals surface area (Å²) in [5, 5.41) is 10.5. The van der Waals surface area contributed by atoms with E-state index in [0.717, 1.165) is 24.3 Å². The van der Waals surface area contributed by atoms with E-state index in [1.54, 1.807) is 7.11 Å². The number of aliphatic hydroxyl groups is 1. The highest BCUT2D eigenvalue weighted by Crippen LogP contribution is 2.36. The summed E-state index contributed by atoms with van der Waals surface area (Å²) >= 11 is 0. The van der Waals surface area contributed by atoms with Crippen LogP contribution in [-0.4, -0.2) is 36.8 Å². The Hall–Kier alpha value is -1.06. The topological polar surface area (TPSA) is 32.7 Å². The normalized spacial score (nSPS) is 22.7. The van der Waals surface area contributed by atoms with E-state index in [1.807, 2.05) is 12.1 Å². The van der Waals surface area contributed by atoms with Crippen molar-refractivity contribution in [1.82, 2.24) is 4.90 Å². The summed E-state index contributed by atoms with van der Waals surface area (Å²) in [6.45, 7) is 7.64. The Morgan fingerprint density at radius 2 is 2.05 bits per heavy atom. The van der Waals surface area contributed by atoms with Crippen LogP contribution in [0.5, 0.6) is 5.75 Å². The molecule has 0 radical (unpaired) electrons. The van der Waals surface area contributed by atoms with Gasteiger partial charge in [0.05, 0.1) is 13.2 Å². The van der Waals surface area contributed by atoms with Gasteiger partial charge < -0.3 is 9.84 Å². The van der Waals surface area contributed by atoms with Crippen molar-refractivity contribution >= 4 is 0 Å². The fourth-order valence-electron chi connectivity index (χ4n) is 2.97. The van der Waals surface area contributed by atoms with Gasteiger partial charge in [0.1, 0.15) is 5.75 Å². The highest BCUT2D eigenvalue weighted by molar-refractivity contribution is 5.41. The standard InChI is InChI=1S/C16H25NO2/c1-16(2,3)10-17(4)14-8-11-6-7-12(19-5)9-13(11)15(14)18/h6-7,9,14-15,18H,8,10H2,1-5H3. The third kappa shape index (κ3) is 3.10. The fraction of sp³-hybridized carbons (Fsp3) is 0.625. The second kappa shape index (κ2) is 5.14. The van der Waals surface area contributed by atoms with Gasteiger partial charge in [0.2, 0.25) is 0 Å². The molecule has 2 atom stereocenters. The number of aliphatic hydroxyl groups excluding tert-OH is 1. The van der Waals surface area contributed by atoms with E-state index in [-0.39, 0.29) is 11.5 Å². The molecule has 1 aromatic carbocycles. The van der Waals surface area contributed by atoms with Crippen molar-refractivity contribution in [2.24, 2.45) is 5.41 Å². The zero-order valence-electron chi connectivity index (χ0n) is 12.6. The molecule has 0 aromatic heterocycles. The molecule has 2 rings (SSSR count). The maximum absolute atomic E-state index is 10.5. The first kappa shape index (κ1) is 14.4. The van der Waals surface area contributed by atoms with Crippen LogP contribution in [0.25, 0.3) is 0 Å². The van der Waals surface area contributed by atoms with Crippen molar-refractivity contribution < 1.29 is 9.84 Å². The first-order valence-corrected chi connectivity index (χ1v) is 6.87. The lowest BCUT2D eigenvalue weighted by Gasteiger charge is -2.32. The first-order valence-electron chi connectivity index (χ1n) is 6.87. The Bertz CT molecular complexity index is 451. The number of rotatable bonds is 3. The van der Waals surface area contributed by atoms with Gasteiger partial charge in [-0.25, -0.2) is 0 Å². The molecule has 1 N–H and O–H groups in total. The molecule has 0 saturated heterocycles. The van der Waals surface area contributed by atoms with Crippen molar-refractivity contribution in [3.05, 3.63) is 29.3 Å². The van der Waals surface area contributed by atoms with Crippen LogP contribution in [0.4, 0.5) is 0 Å². The quantitative estimate of drug-likeness (QED) is 0.910. The predicted octanol–water partition coefficient (Wildman–Crippen LogP) is 2.63. The van der Waals surface area contributed by atoms with Crippen molar-refractivity contribution in [2.45, 2.75) is 39.3 Å². The molecule has 0 bridgehead atoms. The number of fused-ring (bicyclic) bond motifs is 1. The Balaban J connectivity index is 2.16. The zero-order valence-corrected chi connectivity index (χ0v) is 12.6. The Labute approximate surface area is 116 Å². The third-order valence-electron chi connectivity index (χ3n) is 3.76. The number of methoxy groups -OCH3 is 1. The molecule has 19 heavy (non-hydrogen) atoms. The average Bonchev–Trinajstić information content (AvgIpc) is 2.64. The molecule has 0 aliphatic heterocycles. The van der Waals surface area contributed by atoms with Crippen molar-refractivity contribution in [2.75, 3.05) is 20.7 Å². The largest absolute Gasteiger partial charge is 0.497 e. The minimum absolute atomic E-state index is 0.168.